The molecule has 22 heavy (non-hydrogen) atoms. The van der Waals surface area contributed by atoms with Crippen molar-refractivity contribution in [1.29, 1.82) is 0 Å². The average molecular weight is 367 g/mol. The number of hydrogen-bond donors (Lipinski definition) is 2. The summed E-state index contributed by atoms with van der Waals surface area (Å²) in [4.78, 5) is 14.0. The quantitative estimate of drug-likeness (QED) is 0.860. The first-order valence-electron chi connectivity index (χ1n) is 6.33. The highest BCUT2D eigenvalue weighted by molar-refractivity contribution is 6.36. The standard InChI is InChI=1S/C13H17Cl2N5O.ClH/c1-7(10-8(14)5-4-6-9(10)15)21-20-12(17)18-11(16)19-13(20,2)3;/h4-7H,1-3H3,(H4,16,17,18,19);1H. The second kappa shape index (κ2) is 6.91. The van der Waals surface area contributed by atoms with E-state index in [0.29, 0.717) is 15.6 Å². The summed E-state index contributed by atoms with van der Waals surface area (Å²) in [6.45, 7) is 5.43. The molecular weight excluding hydrogens is 349 g/mol. The van der Waals surface area contributed by atoms with Crippen LogP contribution >= 0.6 is 35.6 Å². The molecule has 0 radical (unpaired) electrons. The number of hydroxylamine groups is 2. The Hall–Kier alpha value is -1.21. The maximum Gasteiger partial charge on any atom is 0.226 e. The average Bonchev–Trinajstić information content (AvgIpc) is 2.32. The molecule has 0 amide bonds. The number of nitrogens with two attached hydrogens (primary N) is 2. The maximum atomic E-state index is 6.18. The zero-order chi connectivity index (χ0) is 15.8. The van der Waals surface area contributed by atoms with E-state index < -0.39 is 11.8 Å². The topological polar surface area (TPSA) is 89.2 Å². The van der Waals surface area contributed by atoms with Crippen molar-refractivity contribution in [3.63, 3.8) is 0 Å². The van der Waals surface area contributed by atoms with Crippen LogP contribution < -0.4 is 11.5 Å². The molecule has 0 aromatic heterocycles. The lowest BCUT2D eigenvalue weighted by Crippen LogP contribution is -2.54. The minimum absolute atomic E-state index is 0. The number of rotatable bonds is 3. The Morgan fingerprint density at radius 3 is 2.27 bits per heavy atom. The second-order valence-corrected chi connectivity index (χ2v) is 5.93. The highest BCUT2D eigenvalue weighted by Gasteiger charge is 2.35. The maximum absolute atomic E-state index is 6.18. The summed E-state index contributed by atoms with van der Waals surface area (Å²) in [7, 11) is 0. The van der Waals surface area contributed by atoms with Gasteiger partial charge in [0, 0.05) is 15.6 Å². The summed E-state index contributed by atoms with van der Waals surface area (Å²) >= 11 is 12.4. The highest BCUT2D eigenvalue weighted by Crippen LogP contribution is 2.34. The molecule has 0 aliphatic carbocycles. The Morgan fingerprint density at radius 2 is 1.77 bits per heavy atom. The van der Waals surface area contributed by atoms with E-state index in [2.05, 4.69) is 9.98 Å². The van der Waals surface area contributed by atoms with Gasteiger partial charge in [0.2, 0.25) is 11.9 Å². The number of benzene rings is 1. The molecule has 1 aromatic rings. The van der Waals surface area contributed by atoms with Gasteiger partial charge in [0.1, 0.15) is 6.10 Å². The Balaban J connectivity index is 0.00000242. The van der Waals surface area contributed by atoms with Crippen LogP contribution in [-0.2, 0) is 4.84 Å². The Kier molecular flexibility index (Phi) is 5.92. The zero-order valence-electron chi connectivity index (χ0n) is 12.4. The highest BCUT2D eigenvalue weighted by atomic mass is 35.5. The molecule has 0 fully saturated rings. The van der Waals surface area contributed by atoms with Gasteiger partial charge in [-0.1, -0.05) is 29.3 Å². The fourth-order valence-electron chi connectivity index (χ4n) is 2.09. The minimum atomic E-state index is -0.780. The molecule has 9 heteroatoms. The molecule has 2 rings (SSSR count). The van der Waals surface area contributed by atoms with E-state index >= 15 is 0 Å². The Morgan fingerprint density at radius 1 is 1.23 bits per heavy atom. The van der Waals surface area contributed by atoms with E-state index in [1.54, 1.807) is 18.2 Å². The number of hydrogen-bond acceptors (Lipinski definition) is 6. The number of guanidine groups is 2. The molecule has 0 spiro atoms. The molecule has 1 aliphatic heterocycles. The van der Waals surface area contributed by atoms with Crippen molar-refractivity contribution in [1.82, 2.24) is 5.06 Å². The first kappa shape index (κ1) is 18.8. The summed E-state index contributed by atoms with van der Waals surface area (Å²) in [6, 6.07) is 5.27. The molecule has 1 aromatic carbocycles. The molecule has 4 N–H and O–H groups in total. The lowest BCUT2D eigenvalue weighted by atomic mass is 10.1. The van der Waals surface area contributed by atoms with E-state index in [1.165, 1.54) is 5.06 Å². The van der Waals surface area contributed by atoms with Gasteiger partial charge in [-0.2, -0.15) is 10.1 Å². The van der Waals surface area contributed by atoms with Gasteiger partial charge in [-0.25, -0.2) is 4.99 Å². The van der Waals surface area contributed by atoms with Gasteiger partial charge >= 0.3 is 0 Å². The molecule has 1 unspecified atom stereocenters. The first-order chi connectivity index (χ1) is 9.72. The van der Waals surface area contributed by atoms with Gasteiger partial charge in [-0.15, -0.1) is 12.4 Å². The summed E-state index contributed by atoms with van der Waals surface area (Å²) in [6.07, 6.45) is -0.436. The van der Waals surface area contributed by atoms with Crippen molar-refractivity contribution in [2.75, 3.05) is 0 Å². The van der Waals surface area contributed by atoms with E-state index in [1.807, 2.05) is 20.8 Å². The molecule has 1 heterocycles. The zero-order valence-corrected chi connectivity index (χ0v) is 14.7. The van der Waals surface area contributed by atoms with Crippen LogP contribution in [0.2, 0.25) is 10.0 Å². The van der Waals surface area contributed by atoms with Gasteiger partial charge < -0.3 is 11.5 Å². The van der Waals surface area contributed by atoms with Crippen LogP contribution in [-0.4, -0.2) is 22.6 Å². The van der Waals surface area contributed by atoms with Crippen molar-refractivity contribution in [3.8, 4) is 0 Å². The van der Waals surface area contributed by atoms with Crippen LogP contribution in [0.3, 0.4) is 0 Å². The molecule has 1 aliphatic rings. The predicted octanol–water partition coefficient (Wildman–Crippen LogP) is 3.09. The number of halogens is 3. The van der Waals surface area contributed by atoms with Crippen molar-refractivity contribution in [3.05, 3.63) is 33.8 Å². The Bertz CT molecular complexity index is 597. The molecule has 122 valence electrons. The third-order valence-electron chi connectivity index (χ3n) is 2.99. The summed E-state index contributed by atoms with van der Waals surface area (Å²) < 4.78 is 0. The second-order valence-electron chi connectivity index (χ2n) is 5.11. The normalized spacial score (nSPS) is 18.1. The molecule has 0 saturated heterocycles. The van der Waals surface area contributed by atoms with Crippen LogP contribution in [0.5, 0.6) is 0 Å². The third-order valence-corrected chi connectivity index (χ3v) is 3.65. The third kappa shape index (κ3) is 3.76. The van der Waals surface area contributed by atoms with Gasteiger partial charge in [0.25, 0.3) is 0 Å². The van der Waals surface area contributed by atoms with Crippen LogP contribution in [0.4, 0.5) is 0 Å². The first-order valence-corrected chi connectivity index (χ1v) is 7.08. The minimum Gasteiger partial charge on any atom is -0.368 e. The summed E-state index contributed by atoms with van der Waals surface area (Å²) in [5.41, 5.74) is 11.4. The van der Waals surface area contributed by atoms with Crippen molar-refractivity contribution >= 4 is 47.5 Å². The summed E-state index contributed by atoms with van der Waals surface area (Å²) in [5, 5.41) is 2.43. The Labute approximate surface area is 145 Å². The number of nitrogens with zero attached hydrogens (tertiary/aromatic N) is 3. The van der Waals surface area contributed by atoms with E-state index in [0.717, 1.165) is 0 Å². The van der Waals surface area contributed by atoms with E-state index in [9.17, 15) is 0 Å². The van der Waals surface area contributed by atoms with Gasteiger partial charge in [-0.05, 0) is 32.9 Å². The SMILES string of the molecule is CC(ON1C(N)=NC(N)=NC1(C)C)c1c(Cl)cccc1Cl.Cl. The molecule has 0 saturated carbocycles. The smallest absolute Gasteiger partial charge is 0.226 e. The molecule has 1 atom stereocenters. The fourth-order valence-corrected chi connectivity index (χ4v) is 2.79. The monoisotopic (exact) mass is 365 g/mol. The van der Waals surface area contributed by atoms with Crippen LogP contribution in [0, 0.1) is 0 Å². The molecular formula is C13H18Cl3N5O. The van der Waals surface area contributed by atoms with Crippen molar-refractivity contribution < 1.29 is 4.84 Å². The van der Waals surface area contributed by atoms with Gasteiger partial charge in [0.15, 0.2) is 5.66 Å². The van der Waals surface area contributed by atoms with Crippen molar-refractivity contribution in [2.45, 2.75) is 32.5 Å². The molecule has 0 bridgehead atoms. The summed E-state index contributed by atoms with van der Waals surface area (Å²) in [5.74, 6) is 0.239. The van der Waals surface area contributed by atoms with Gasteiger partial charge in [0.05, 0.1) is 0 Å². The molecule has 6 nitrogen and oxygen atoms in total. The van der Waals surface area contributed by atoms with E-state index in [4.69, 9.17) is 39.5 Å². The van der Waals surface area contributed by atoms with Crippen molar-refractivity contribution in [2.24, 2.45) is 21.5 Å². The van der Waals surface area contributed by atoms with Gasteiger partial charge in [-0.3, -0.25) is 4.84 Å². The van der Waals surface area contributed by atoms with Crippen LogP contribution in [0.15, 0.2) is 28.2 Å². The van der Waals surface area contributed by atoms with Crippen LogP contribution in [0.1, 0.15) is 32.4 Å². The number of aliphatic imine (C=N–C) groups is 2. The fraction of sp³-hybridized carbons (Fsp3) is 0.385. The predicted molar refractivity (Wildman–Crippen MR) is 92.4 cm³/mol. The lowest BCUT2D eigenvalue weighted by Gasteiger charge is -2.38. The van der Waals surface area contributed by atoms with E-state index in [-0.39, 0.29) is 24.3 Å². The lowest BCUT2D eigenvalue weighted by molar-refractivity contribution is -0.191. The largest absolute Gasteiger partial charge is 0.368 e. The van der Waals surface area contributed by atoms with Crippen LogP contribution in [0.25, 0.3) is 0 Å².